The van der Waals surface area contributed by atoms with Crippen molar-refractivity contribution in [1.82, 2.24) is 24.6 Å². The molecule has 1 aromatic carbocycles. The van der Waals surface area contributed by atoms with Crippen LogP contribution in [0.2, 0.25) is 0 Å². The molecule has 0 saturated carbocycles. The molecule has 0 aliphatic rings. The van der Waals surface area contributed by atoms with Crippen LogP contribution in [0.1, 0.15) is 23.0 Å². The first-order chi connectivity index (χ1) is 13.1. The van der Waals surface area contributed by atoms with Gasteiger partial charge >= 0.3 is 0 Å². The zero-order chi connectivity index (χ0) is 19.0. The van der Waals surface area contributed by atoms with Crippen molar-refractivity contribution in [3.63, 3.8) is 0 Å². The molecule has 0 radical (unpaired) electrons. The Morgan fingerprint density at radius 1 is 1.26 bits per heavy atom. The Balaban J connectivity index is 1.80. The molecule has 0 saturated heterocycles. The normalized spacial score (nSPS) is 11.1. The molecule has 0 N–H and O–H groups in total. The van der Waals surface area contributed by atoms with Gasteiger partial charge in [-0.1, -0.05) is 0 Å². The van der Waals surface area contributed by atoms with E-state index in [4.69, 9.17) is 4.74 Å². The molecule has 1 amide bonds. The molecule has 0 fully saturated rings. The smallest absolute Gasteiger partial charge is 0.258 e. The van der Waals surface area contributed by atoms with Gasteiger partial charge in [0.2, 0.25) is 0 Å². The van der Waals surface area contributed by atoms with E-state index in [1.54, 1.807) is 42.9 Å². The van der Waals surface area contributed by atoms with Crippen LogP contribution in [0.5, 0.6) is 5.75 Å². The second kappa shape index (κ2) is 6.64. The van der Waals surface area contributed by atoms with Gasteiger partial charge in [-0.3, -0.25) is 14.2 Å². The van der Waals surface area contributed by atoms with Crippen LogP contribution in [-0.2, 0) is 0 Å². The largest absolute Gasteiger partial charge is 0.495 e. The van der Waals surface area contributed by atoms with Crippen molar-refractivity contribution in [2.75, 3.05) is 18.6 Å². The highest BCUT2D eigenvalue weighted by Crippen LogP contribution is 2.23. The van der Waals surface area contributed by atoms with Crippen molar-refractivity contribution in [1.29, 1.82) is 0 Å². The number of ether oxygens (including phenoxy) is 1. The minimum absolute atomic E-state index is 0.128. The molecule has 0 atom stereocenters. The summed E-state index contributed by atoms with van der Waals surface area (Å²) in [5.74, 6) is 0.472. The Hall–Kier alpha value is -3.55. The van der Waals surface area contributed by atoms with Gasteiger partial charge in [0.05, 0.1) is 41.9 Å². The topological polar surface area (TPSA) is 85.5 Å². The maximum Gasteiger partial charge on any atom is 0.258 e. The predicted molar refractivity (Wildman–Crippen MR) is 101 cm³/mol. The van der Waals surface area contributed by atoms with Crippen LogP contribution in [0, 0.1) is 6.92 Å². The molecular weight excluding hydrogens is 344 g/mol. The number of anilines is 1. The number of benzene rings is 1. The molecule has 27 heavy (non-hydrogen) atoms. The highest BCUT2D eigenvalue weighted by molar-refractivity contribution is 6.07. The second-order valence-electron chi connectivity index (χ2n) is 6.06. The first-order valence-corrected chi connectivity index (χ1v) is 8.53. The Labute approximate surface area is 155 Å². The van der Waals surface area contributed by atoms with E-state index >= 15 is 0 Å². The van der Waals surface area contributed by atoms with Crippen LogP contribution >= 0.6 is 0 Å². The van der Waals surface area contributed by atoms with Crippen LogP contribution in [0.25, 0.3) is 16.7 Å². The van der Waals surface area contributed by atoms with Gasteiger partial charge in [0, 0.05) is 18.2 Å². The third kappa shape index (κ3) is 2.84. The van der Waals surface area contributed by atoms with Gasteiger partial charge in [0.15, 0.2) is 5.65 Å². The number of aromatic nitrogens is 5. The summed E-state index contributed by atoms with van der Waals surface area (Å²) in [6.45, 7) is 4.30. The maximum absolute atomic E-state index is 13.2. The number of amides is 1. The maximum atomic E-state index is 13.2. The summed E-state index contributed by atoms with van der Waals surface area (Å²) in [5, 5.41) is 8.05. The quantitative estimate of drug-likeness (QED) is 0.555. The van der Waals surface area contributed by atoms with Crippen molar-refractivity contribution >= 4 is 28.3 Å². The fraction of sp³-hybridized carbons (Fsp3) is 0.211. The minimum Gasteiger partial charge on any atom is -0.495 e. The standard InChI is InChI=1S/C19H18N6O2/c1-4-24(14-8-15(27-3)10-20-9-14)19(26)13-5-6-16-17(7-13)25-11-21-23-18(25)12(2)22-16/h5-11H,4H2,1-3H3. The number of fused-ring (bicyclic) bond motifs is 3. The molecule has 0 aliphatic carbocycles. The Morgan fingerprint density at radius 2 is 2.11 bits per heavy atom. The average molecular weight is 362 g/mol. The summed E-state index contributed by atoms with van der Waals surface area (Å²) in [6, 6.07) is 7.23. The van der Waals surface area contributed by atoms with E-state index in [1.807, 2.05) is 30.4 Å². The number of methoxy groups -OCH3 is 1. The molecular formula is C19H18N6O2. The van der Waals surface area contributed by atoms with Crippen LogP contribution in [0.4, 0.5) is 5.69 Å². The molecule has 0 bridgehead atoms. The number of hydrogen-bond donors (Lipinski definition) is 0. The van der Waals surface area contributed by atoms with E-state index in [-0.39, 0.29) is 5.91 Å². The van der Waals surface area contributed by atoms with Gasteiger partial charge in [-0.2, -0.15) is 0 Å². The number of rotatable bonds is 4. The molecule has 4 rings (SSSR count). The molecule has 8 heteroatoms. The van der Waals surface area contributed by atoms with E-state index in [0.717, 1.165) is 16.7 Å². The Bertz CT molecular complexity index is 1150. The highest BCUT2D eigenvalue weighted by atomic mass is 16.5. The lowest BCUT2D eigenvalue weighted by molar-refractivity contribution is 0.0988. The number of carbonyl (C=O) groups is 1. The monoisotopic (exact) mass is 362 g/mol. The molecule has 8 nitrogen and oxygen atoms in total. The SMILES string of the molecule is CCN(C(=O)c1ccc2nc(C)c3nncn3c2c1)c1cncc(OC)c1. The van der Waals surface area contributed by atoms with Crippen molar-refractivity contribution < 1.29 is 9.53 Å². The van der Waals surface area contributed by atoms with Gasteiger partial charge in [-0.15, -0.1) is 10.2 Å². The van der Waals surface area contributed by atoms with Crippen molar-refractivity contribution in [2.45, 2.75) is 13.8 Å². The number of hydrogen-bond acceptors (Lipinski definition) is 6. The summed E-state index contributed by atoms with van der Waals surface area (Å²) in [5.41, 5.74) is 4.26. The third-order valence-corrected chi connectivity index (χ3v) is 4.45. The Morgan fingerprint density at radius 3 is 2.89 bits per heavy atom. The lowest BCUT2D eigenvalue weighted by Gasteiger charge is -2.21. The second-order valence-corrected chi connectivity index (χ2v) is 6.06. The van der Waals surface area contributed by atoms with Crippen LogP contribution < -0.4 is 9.64 Å². The first-order valence-electron chi connectivity index (χ1n) is 8.53. The molecule has 0 unspecified atom stereocenters. The summed E-state index contributed by atoms with van der Waals surface area (Å²) in [7, 11) is 1.57. The fourth-order valence-electron chi connectivity index (χ4n) is 3.10. The number of nitrogens with zero attached hydrogens (tertiary/aromatic N) is 6. The average Bonchev–Trinajstić information content (AvgIpc) is 3.19. The molecule has 136 valence electrons. The fourth-order valence-corrected chi connectivity index (χ4v) is 3.10. The van der Waals surface area contributed by atoms with Gasteiger partial charge in [0.1, 0.15) is 12.1 Å². The van der Waals surface area contributed by atoms with Crippen molar-refractivity contribution in [3.8, 4) is 5.75 Å². The van der Waals surface area contributed by atoms with Crippen LogP contribution in [0.15, 0.2) is 43.0 Å². The summed E-state index contributed by atoms with van der Waals surface area (Å²) >= 11 is 0. The molecule has 4 aromatic rings. The van der Waals surface area contributed by atoms with E-state index in [1.165, 1.54) is 0 Å². The molecule has 0 spiro atoms. The van der Waals surface area contributed by atoms with E-state index < -0.39 is 0 Å². The first kappa shape index (κ1) is 16.9. The third-order valence-electron chi connectivity index (χ3n) is 4.45. The molecule has 3 aromatic heterocycles. The molecule has 3 heterocycles. The zero-order valence-electron chi connectivity index (χ0n) is 15.2. The number of carbonyl (C=O) groups excluding carboxylic acids is 1. The summed E-state index contributed by atoms with van der Waals surface area (Å²) in [4.78, 5) is 23.5. The highest BCUT2D eigenvalue weighted by Gasteiger charge is 2.18. The summed E-state index contributed by atoms with van der Waals surface area (Å²) in [6.07, 6.45) is 4.88. The number of aryl methyl sites for hydroxylation is 1. The van der Waals surface area contributed by atoms with E-state index in [9.17, 15) is 4.79 Å². The van der Waals surface area contributed by atoms with Crippen molar-refractivity contribution in [2.24, 2.45) is 0 Å². The number of pyridine rings is 1. The lowest BCUT2D eigenvalue weighted by Crippen LogP contribution is -2.30. The van der Waals surface area contributed by atoms with Gasteiger partial charge in [0.25, 0.3) is 5.91 Å². The van der Waals surface area contributed by atoms with Gasteiger partial charge < -0.3 is 9.64 Å². The summed E-state index contributed by atoms with van der Waals surface area (Å²) < 4.78 is 7.06. The lowest BCUT2D eigenvalue weighted by atomic mass is 10.1. The minimum atomic E-state index is -0.128. The van der Waals surface area contributed by atoms with E-state index in [0.29, 0.717) is 29.2 Å². The van der Waals surface area contributed by atoms with Crippen molar-refractivity contribution in [3.05, 3.63) is 54.2 Å². The van der Waals surface area contributed by atoms with E-state index in [2.05, 4.69) is 20.2 Å². The van der Waals surface area contributed by atoms with Crippen LogP contribution in [-0.4, -0.2) is 44.1 Å². The van der Waals surface area contributed by atoms with Gasteiger partial charge in [-0.05, 0) is 32.0 Å². The van der Waals surface area contributed by atoms with Gasteiger partial charge in [-0.25, -0.2) is 4.98 Å². The molecule has 0 aliphatic heterocycles. The Kier molecular flexibility index (Phi) is 4.15. The zero-order valence-corrected chi connectivity index (χ0v) is 15.2. The predicted octanol–water partition coefficient (Wildman–Crippen LogP) is 2.66. The van der Waals surface area contributed by atoms with Crippen LogP contribution in [0.3, 0.4) is 0 Å².